The highest BCUT2D eigenvalue weighted by atomic mass is 16.3. The normalized spacial score (nSPS) is 22.8. The standard InChI is InChI=1S/C13H20N2O2/c1-15-6-2-3-11(15)10(8-14)9-4-5-12(16)13(17)7-9/h4-5,7,10-11,16-17H,2-3,6,8,14H2,1H3. The third-order valence-corrected chi connectivity index (χ3v) is 3.72. The van der Waals surface area contributed by atoms with Gasteiger partial charge in [0, 0.05) is 18.5 Å². The molecule has 4 N–H and O–H groups in total. The lowest BCUT2D eigenvalue weighted by Crippen LogP contribution is -2.35. The Kier molecular flexibility index (Phi) is 3.54. The Balaban J connectivity index is 2.25. The fourth-order valence-electron chi connectivity index (χ4n) is 2.73. The lowest BCUT2D eigenvalue weighted by molar-refractivity contribution is 0.272. The van der Waals surface area contributed by atoms with Crippen LogP contribution in [0.4, 0.5) is 0 Å². The van der Waals surface area contributed by atoms with E-state index in [0.717, 1.165) is 18.5 Å². The molecule has 4 nitrogen and oxygen atoms in total. The van der Waals surface area contributed by atoms with Crippen LogP contribution in [-0.2, 0) is 0 Å². The van der Waals surface area contributed by atoms with Gasteiger partial charge in [-0.2, -0.15) is 0 Å². The number of aromatic hydroxyl groups is 2. The molecule has 0 bridgehead atoms. The molecule has 0 aliphatic carbocycles. The van der Waals surface area contributed by atoms with Gasteiger partial charge in [-0.05, 0) is 44.1 Å². The summed E-state index contributed by atoms with van der Waals surface area (Å²) in [5.74, 6) is 0.0693. The quantitative estimate of drug-likeness (QED) is 0.690. The molecule has 2 atom stereocenters. The Morgan fingerprint density at radius 1 is 1.41 bits per heavy atom. The van der Waals surface area contributed by atoms with Gasteiger partial charge in [0.2, 0.25) is 0 Å². The summed E-state index contributed by atoms with van der Waals surface area (Å²) >= 11 is 0. The van der Waals surface area contributed by atoms with Crippen LogP contribution in [0.1, 0.15) is 24.3 Å². The van der Waals surface area contributed by atoms with Gasteiger partial charge in [-0.1, -0.05) is 6.07 Å². The summed E-state index contributed by atoms with van der Waals surface area (Å²) in [6.07, 6.45) is 2.34. The molecule has 1 aliphatic heterocycles. The number of nitrogens with two attached hydrogens (primary N) is 1. The molecule has 1 aliphatic rings. The number of rotatable bonds is 3. The predicted octanol–water partition coefficient (Wildman–Crippen LogP) is 1.23. The van der Waals surface area contributed by atoms with E-state index in [-0.39, 0.29) is 17.4 Å². The number of phenolic OH excluding ortho intramolecular Hbond substituents is 2. The van der Waals surface area contributed by atoms with Crippen LogP contribution in [0.5, 0.6) is 11.5 Å². The topological polar surface area (TPSA) is 69.7 Å². The van der Waals surface area contributed by atoms with Crippen LogP contribution in [0.25, 0.3) is 0 Å². The maximum Gasteiger partial charge on any atom is 0.157 e. The van der Waals surface area contributed by atoms with Crippen molar-refractivity contribution in [1.82, 2.24) is 4.90 Å². The SMILES string of the molecule is CN1CCCC1C(CN)c1ccc(O)c(O)c1. The van der Waals surface area contributed by atoms with Crippen LogP contribution in [0, 0.1) is 0 Å². The molecule has 1 saturated heterocycles. The molecule has 2 rings (SSSR count). The van der Waals surface area contributed by atoms with Crippen molar-refractivity contribution in [3.8, 4) is 11.5 Å². The molecule has 1 aromatic rings. The van der Waals surface area contributed by atoms with E-state index in [0.29, 0.717) is 12.6 Å². The first-order valence-electron chi connectivity index (χ1n) is 6.05. The van der Waals surface area contributed by atoms with Crippen molar-refractivity contribution in [3.63, 3.8) is 0 Å². The number of nitrogens with zero attached hydrogens (tertiary/aromatic N) is 1. The Morgan fingerprint density at radius 3 is 2.71 bits per heavy atom. The van der Waals surface area contributed by atoms with Crippen LogP contribution in [0.2, 0.25) is 0 Å². The third kappa shape index (κ3) is 2.37. The van der Waals surface area contributed by atoms with Crippen molar-refractivity contribution in [2.75, 3.05) is 20.1 Å². The molecule has 4 heteroatoms. The minimum atomic E-state index is -0.0794. The number of likely N-dealkylation sites (tertiary alicyclic amines) is 1. The Bertz CT molecular complexity index is 395. The molecule has 0 spiro atoms. The van der Waals surface area contributed by atoms with Crippen LogP contribution in [0.15, 0.2) is 18.2 Å². The van der Waals surface area contributed by atoms with Crippen molar-refractivity contribution >= 4 is 0 Å². The molecular formula is C13H20N2O2. The maximum absolute atomic E-state index is 9.55. The van der Waals surface area contributed by atoms with Gasteiger partial charge in [0.25, 0.3) is 0 Å². The minimum Gasteiger partial charge on any atom is -0.504 e. The number of likely N-dealkylation sites (N-methyl/N-ethyl adjacent to an activating group) is 1. The summed E-state index contributed by atoms with van der Waals surface area (Å²) in [5.41, 5.74) is 6.87. The van der Waals surface area contributed by atoms with Gasteiger partial charge >= 0.3 is 0 Å². The van der Waals surface area contributed by atoms with E-state index >= 15 is 0 Å². The second kappa shape index (κ2) is 4.94. The van der Waals surface area contributed by atoms with Crippen LogP contribution in [-0.4, -0.2) is 41.3 Å². The van der Waals surface area contributed by atoms with E-state index in [9.17, 15) is 10.2 Å². The van der Waals surface area contributed by atoms with Gasteiger partial charge in [0.1, 0.15) is 0 Å². The molecule has 17 heavy (non-hydrogen) atoms. The Morgan fingerprint density at radius 2 is 2.18 bits per heavy atom. The van der Waals surface area contributed by atoms with Crippen molar-refractivity contribution in [2.45, 2.75) is 24.8 Å². The Hall–Kier alpha value is -1.26. The fourth-order valence-corrected chi connectivity index (χ4v) is 2.73. The number of benzene rings is 1. The first-order chi connectivity index (χ1) is 8.13. The summed E-state index contributed by atoms with van der Waals surface area (Å²) in [6, 6.07) is 5.43. The second-order valence-electron chi connectivity index (χ2n) is 4.78. The van der Waals surface area contributed by atoms with E-state index < -0.39 is 0 Å². The van der Waals surface area contributed by atoms with Crippen LogP contribution < -0.4 is 5.73 Å². The summed E-state index contributed by atoms with van der Waals surface area (Å²) < 4.78 is 0. The first kappa shape index (κ1) is 12.2. The van der Waals surface area contributed by atoms with E-state index in [1.165, 1.54) is 12.5 Å². The lowest BCUT2D eigenvalue weighted by Gasteiger charge is -2.28. The lowest BCUT2D eigenvalue weighted by atomic mass is 9.90. The highest BCUT2D eigenvalue weighted by Crippen LogP contribution is 2.33. The average molecular weight is 236 g/mol. The first-order valence-corrected chi connectivity index (χ1v) is 6.05. The fraction of sp³-hybridized carbons (Fsp3) is 0.538. The summed E-state index contributed by atoms with van der Waals surface area (Å²) in [6.45, 7) is 1.66. The average Bonchev–Trinajstić information content (AvgIpc) is 2.71. The highest BCUT2D eigenvalue weighted by Gasteiger charge is 2.29. The zero-order valence-corrected chi connectivity index (χ0v) is 10.1. The van der Waals surface area contributed by atoms with Gasteiger partial charge < -0.3 is 20.8 Å². The summed E-state index contributed by atoms with van der Waals surface area (Å²) in [7, 11) is 2.11. The largest absolute Gasteiger partial charge is 0.504 e. The van der Waals surface area contributed by atoms with E-state index in [4.69, 9.17) is 5.73 Å². The van der Waals surface area contributed by atoms with Crippen molar-refractivity contribution in [1.29, 1.82) is 0 Å². The van der Waals surface area contributed by atoms with Crippen LogP contribution >= 0.6 is 0 Å². The van der Waals surface area contributed by atoms with E-state index in [1.807, 2.05) is 6.07 Å². The third-order valence-electron chi connectivity index (χ3n) is 3.72. The molecule has 94 valence electrons. The van der Waals surface area contributed by atoms with Gasteiger partial charge in [-0.25, -0.2) is 0 Å². The predicted molar refractivity (Wildman–Crippen MR) is 67.2 cm³/mol. The number of hydrogen-bond donors (Lipinski definition) is 3. The molecular weight excluding hydrogens is 216 g/mol. The van der Waals surface area contributed by atoms with Crippen molar-refractivity contribution in [2.24, 2.45) is 5.73 Å². The Labute approximate surface area is 102 Å². The maximum atomic E-state index is 9.55. The number of phenols is 2. The zero-order chi connectivity index (χ0) is 12.4. The highest BCUT2D eigenvalue weighted by molar-refractivity contribution is 5.42. The zero-order valence-electron chi connectivity index (χ0n) is 10.1. The van der Waals surface area contributed by atoms with Gasteiger partial charge in [-0.3, -0.25) is 0 Å². The summed E-state index contributed by atoms with van der Waals surface area (Å²) in [5, 5.41) is 18.9. The smallest absolute Gasteiger partial charge is 0.157 e. The molecule has 1 aromatic carbocycles. The van der Waals surface area contributed by atoms with Crippen molar-refractivity contribution < 1.29 is 10.2 Å². The monoisotopic (exact) mass is 236 g/mol. The molecule has 1 fully saturated rings. The molecule has 2 unspecified atom stereocenters. The number of hydrogen-bond acceptors (Lipinski definition) is 4. The summed E-state index contributed by atoms with van der Waals surface area (Å²) in [4.78, 5) is 2.32. The minimum absolute atomic E-state index is 0.0680. The molecule has 1 heterocycles. The van der Waals surface area contributed by atoms with Crippen molar-refractivity contribution in [3.05, 3.63) is 23.8 Å². The molecule has 0 saturated carbocycles. The van der Waals surface area contributed by atoms with Gasteiger partial charge in [-0.15, -0.1) is 0 Å². The van der Waals surface area contributed by atoms with E-state index in [2.05, 4.69) is 11.9 Å². The van der Waals surface area contributed by atoms with Gasteiger partial charge in [0.05, 0.1) is 0 Å². The molecule has 0 radical (unpaired) electrons. The van der Waals surface area contributed by atoms with Crippen LogP contribution in [0.3, 0.4) is 0 Å². The second-order valence-corrected chi connectivity index (χ2v) is 4.78. The molecule has 0 amide bonds. The molecule has 0 aromatic heterocycles. The van der Waals surface area contributed by atoms with Gasteiger partial charge in [0.15, 0.2) is 11.5 Å². The van der Waals surface area contributed by atoms with E-state index in [1.54, 1.807) is 6.07 Å².